The van der Waals surface area contributed by atoms with Gasteiger partial charge in [-0.25, -0.2) is 19.2 Å². The van der Waals surface area contributed by atoms with E-state index in [0.717, 1.165) is 11.3 Å². The number of aromatic amines is 1. The first-order chi connectivity index (χ1) is 15.4. The van der Waals surface area contributed by atoms with Crippen molar-refractivity contribution in [2.45, 2.75) is 13.1 Å². The number of nitrogens with zero attached hydrogens (tertiary/aromatic N) is 3. The van der Waals surface area contributed by atoms with Crippen molar-refractivity contribution in [2.24, 2.45) is 0 Å². The van der Waals surface area contributed by atoms with Crippen molar-refractivity contribution in [3.8, 4) is 11.4 Å². The van der Waals surface area contributed by atoms with Gasteiger partial charge in [0.15, 0.2) is 0 Å². The van der Waals surface area contributed by atoms with Gasteiger partial charge in [0.25, 0.3) is 0 Å². The molecule has 0 aliphatic rings. The Morgan fingerprint density at radius 1 is 1.21 bits per heavy atom. The number of carbonyl (C=O) groups is 1. The molecule has 3 N–H and O–H groups in total. The summed E-state index contributed by atoms with van der Waals surface area (Å²) in [6, 6.07) is 8.13. The number of hydrogen-bond acceptors (Lipinski definition) is 4. The number of H-pyrrole nitrogens is 1. The largest absolute Gasteiger partial charge is 0.506 e. The van der Waals surface area contributed by atoms with E-state index in [1.165, 1.54) is 12.1 Å². The van der Waals surface area contributed by atoms with E-state index in [1.54, 1.807) is 29.1 Å². The predicted octanol–water partition coefficient (Wildman–Crippen LogP) is 5.36. The standard InChI is InChI=1S/C19H14ClFN4O.C2HF3O2/c1-11-9-25(10-22-11)17-4-2-12(6-18(17)26)3-5-19-23-15-7-13(20)14(21)8-16(15)24-19;3-2(4,5)1(6)7/h2-10,26H,1H3,(H,23,24);(H,6,7). The molecule has 0 fully saturated rings. The van der Waals surface area contributed by atoms with Crippen molar-refractivity contribution in [2.75, 3.05) is 0 Å². The number of imidazole rings is 2. The highest BCUT2D eigenvalue weighted by atomic mass is 35.5. The zero-order valence-electron chi connectivity index (χ0n) is 16.7. The van der Waals surface area contributed by atoms with Gasteiger partial charge in [-0.05, 0) is 36.8 Å². The van der Waals surface area contributed by atoms with Gasteiger partial charge >= 0.3 is 12.1 Å². The van der Waals surface area contributed by atoms with Crippen LogP contribution in [0.3, 0.4) is 0 Å². The molecule has 7 nitrogen and oxygen atoms in total. The number of nitrogens with one attached hydrogen (secondary N) is 1. The number of alkyl halides is 3. The zero-order valence-corrected chi connectivity index (χ0v) is 17.5. The average Bonchev–Trinajstić information content (AvgIpc) is 3.32. The van der Waals surface area contributed by atoms with Gasteiger partial charge in [-0.1, -0.05) is 23.7 Å². The maximum absolute atomic E-state index is 13.5. The number of benzene rings is 2. The van der Waals surface area contributed by atoms with Crippen LogP contribution in [0.5, 0.6) is 5.75 Å². The lowest BCUT2D eigenvalue weighted by molar-refractivity contribution is -0.192. The molecular weight excluding hydrogens is 468 g/mol. The Morgan fingerprint density at radius 3 is 2.48 bits per heavy atom. The lowest BCUT2D eigenvalue weighted by Gasteiger charge is -2.05. The third kappa shape index (κ3) is 5.89. The average molecular weight is 483 g/mol. The first-order valence-electron chi connectivity index (χ1n) is 9.11. The summed E-state index contributed by atoms with van der Waals surface area (Å²) in [7, 11) is 0. The van der Waals surface area contributed by atoms with E-state index in [4.69, 9.17) is 21.5 Å². The minimum absolute atomic E-state index is 0.0368. The van der Waals surface area contributed by atoms with Crippen LogP contribution in [0.1, 0.15) is 17.1 Å². The molecule has 4 aromatic rings. The summed E-state index contributed by atoms with van der Waals surface area (Å²) >= 11 is 5.77. The Morgan fingerprint density at radius 2 is 1.91 bits per heavy atom. The fourth-order valence-corrected chi connectivity index (χ4v) is 2.85. The van der Waals surface area contributed by atoms with Crippen LogP contribution >= 0.6 is 11.6 Å². The van der Waals surface area contributed by atoms with Crippen LogP contribution in [0.15, 0.2) is 42.9 Å². The van der Waals surface area contributed by atoms with Crippen LogP contribution in [-0.4, -0.2) is 41.9 Å². The number of hydrogen-bond donors (Lipinski definition) is 3. The van der Waals surface area contributed by atoms with Gasteiger partial charge in [0.05, 0.1) is 33.8 Å². The molecule has 0 bridgehead atoms. The third-order valence-electron chi connectivity index (χ3n) is 4.21. The van der Waals surface area contributed by atoms with Gasteiger partial charge in [-0.15, -0.1) is 0 Å². The van der Waals surface area contributed by atoms with E-state index in [1.807, 2.05) is 25.3 Å². The van der Waals surface area contributed by atoms with E-state index < -0.39 is 18.0 Å². The van der Waals surface area contributed by atoms with Gasteiger partial charge < -0.3 is 19.8 Å². The predicted molar refractivity (Wildman–Crippen MR) is 114 cm³/mol. The molecular formula is C21H15ClF4N4O3. The zero-order chi connectivity index (χ0) is 24.3. The van der Waals surface area contributed by atoms with Gasteiger partial charge in [0, 0.05) is 12.3 Å². The number of aromatic hydroxyl groups is 1. The lowest BCUT2D eigenvalue weighted by Crippen LogP contribution is -2.21. The smallest absolute Gasteiger partial charge is 0.490 e. The molecule has 172 valence electrons. The van der Waals surface area contributed by atoms with E-state index in [9.17, 15) is 22.7 Å². The van der Waals surface area contributed by atoms with Gasteiger partial charge in [-0.2, -0.15) is 13.2 Å². The summed E-state index contributed by atoms with van der Waals surface area (Å²) in [6.45, 7) is 1.89. The van der Waals surface area contributed by atoms with E-state index in [0.29, 0.717) is 22.5 Å². The number of rotatable bonds is 3. The number of carboxylic acids is 1. The second-order valence-corrected chi connectivity index (χ2v) is 7.12. The molecule has 2 aromatic heterocycles. The van der Waals surface area contributed by atoms with E-state index >= 15 is 0 Å². The molecule has 0 saturated carbocycles. The van der Waals surface area contributed by atoms with Gasteiger partial charge in [0.2, 0.25) is 0 Å². The Bertz CT molecular complexity index is 1310. The molecule has 0 amide bonds. The van der Waals surface area contributed by atoms with Crippen LogP contribution in [0, 0.1) is 12.7 Å². The molecule has 2 aromatic carbocycles. The van der Waals surface area contributed by atoms with E-state index in [2.05, 4.69) is 15.0 Å². The molecule has 0 radical (unpaired) electrons. The fourth-order valence-electron chi connectivity index (χ4n) is 2.69. The molecule has 0 unspecified atom stereocenters. The van der Waals surface area contributed by atoms with Gasteiger partial charge in [0.1, 0.15) is 17.4 Å². The van der Waals surface area contributed by atoms with Crippen molar-refractivity contribution >= 4 is 40.8 Å². The Balaban J connectivity index is 0.000000383. The molecule has 0 aliphatic carbocycles. The van der Waals surface area contributed by atoms with Crippen molar-refractivity contribution in [3.05, 3.63) is 70.8 Å². The fraction of sp³-hybridized carbons (Fsp3) is 0.0952. The highest BCUT2D eigenvalue weighted by Gasteiger charge is 2.38. The number of phenols is 1. The van der Waals surface area contributed by atoms with Crippen LogP contribution in [0.25, 0.3) is 28.9 Å². The molecule has 0 aliphatic heterocycles. The van der Waals surface area contributed by atoms with Crippen LogP contribution in [-0.2, 0) is 4.79 Å². The minimum Gasteiger partial charge on any atom is -0.506 e. The monoisotopic (exact) mass is 482 g/mol. The van der Waals surface area contributed by atoms with Crippen molar-refractivity contribution in [1.29, 1.82) is 0 Å². The molecule has 0 atom stereocenters. The topological polar surface area (TPSA) is 104 Å². The van der Waals surface area contributed by atoms with Crippen LogP contribution in [0.4, 0.5) is 17.6 Å². The second kappa shape index (κ2) is 9.33. The Hall–Kier alpha value is -3.86. The van der Waals surface area contributed by atoms with Crippen molar-refractivity contribution < 1.29 is 32.6 Å². The lowest BCUT2D eigenvalue weighted by atomic mass is 10.1. The van der Waals surface area contributed by atoms with E-state index in [-0.39, 0.29) is 10.8 Å². The second-order valence-electron chi connectivity index (χ2n) is 6.71. The molecule has 0 saturated heterocycles. The van der Waals surface area contributed by atoms with Crippen LogP contribution in [0.2, 0.25) is 5.02 Å². The molecule has 0 spiro atoms. The third-order valence-corrected chi connectivity index (χ3v) is 4.50. The highest BCUT2D eigenvalue weighted by Crippen LogP contribution is 2.25. The highest BCUT2D eigenvalue weighted by molar-refractivity contribution is 6.31. The Kier molecular flexibility index (Phi) is 6.73. The number of carboxylic acid groups (broad SMARTS) is 1. The van der Waals surface area contributed by atoms with Crippen molar-refractivity contribution in [1.82, 2.24) is 19.5 Å². The summed E-state index contributed by atoms with van der Waals surface area (Å²) in [5, 5.41) is 17.4. The summed E-state index contributed by atoms with van der Waals surface area (Å²) in [5.41, 5.74) is 3.48. The molecule has 4 rings (SSSR count). The number of phenolic OH excluding ortho intramolecular Hbond substituents is 1. The maximum Gasteiger partial charge on any atom is 0.490 e. The number of aryl methyl sites for hydroxylation is 1. The number of aromatic nitrogens is 4. The number of aliphatic carboxylic acids is 1. The number of fused-ring (bicyclic) bond motifs is 1. The molecule has 12 heteroatoms. The Labute approximate surface area is 188 Å². The first kappa shape index (κ1) is 23.8. The summed E-state index contributed by atoms with van der Waals surface area (Å²) < 4.78 is 47.0. The van der Waals surface area contributed by atoms with Crippen molar-refractivity contribution in [3.63, 3.8) is 0 Å². The molecule has 2 heterocycles. The quantitative estimate of drug-likeness (QED) is 0.341. The normalized spacial score (nSPS) is 11.6. The number of halogens is 5. The van der Waals surface area contributed by atoms with Gasteiger partial charge in [-0.3, -0.25) is 0 Å². The molecule has 33 heavy (non-hydrogen) atoms. The summed E-state index contributed by atoms with van der Waals surface area (Å²) in [4.78, 5) is 20.4. The SMILES string of the molecule is Cc1cn(-c2ccc(C=Cc3nc4cc(Cl)c(F)cc4[nH]3)cc2O)cn1.O=C(O)C(F)(F)F. The van der Waals surface area contributed by atoms with Crippen LogP contribution < -0.4 is 0 Å². The summed E-state index contributed by atoms with van der Waals surface area (Å²) in [6.07, 6.45) is 1.96. The minimum atomic E-state index is -5.08. The summed E-state index contributed by atoms with van der Waals surface area (Å²) in [5.74, 6) is -2.54. The first-order valence-corrected chi connectivity index (χ1v) is 9.49. The maximum atomic E-state index is 13.5.